The van der Waals surface area contributed by atoms with Crippen molar-refractivity contribution < 1.29 is 13.9 Å². The molecule has 1 amide bonds. The molecule has 2 heterocycles. The molecular formula is C21H32FN3O2. The van der Waals surface area contributed by atoms with E-state index in [0.29, 0.717) is 18.5 Å². The number of carbonyl (C=O) groups is 1. The summed E-state index contributed by atoms with van der Waals surface area (Å²) in [6, 6.07) is 6.70. The maximum absolute atomic E-state index is 13.9. The first kappa shape index (κ1) is 20.2. The zero-order chi connectivity index (χ0) is 19.3. The zero-order valence-electron chi connectivity index (χ0n) is 16.5. The molecule has 1 aromatic carbocycles. The number of morpholine rings is 1. The van der Waals surface area contributed by atoms with Gasteiger partial charge in [-0.05, 0) is 51.0 Å². The summed E-state index contributed by atoms with van der Waals surface area (Å²) in [4.78, 5) is 17.6. The SMILES string of the molecule is CC(Cc1ccccc1F)C(=O)NCC1(N2CCOCC2)CCN(C)CC1. The lowest BCUT2D eigenvalue weighted by Gasteiger charge is -2.49. The predicted octanol–water partition coefficient (Wildman–Crippen LogP) is 1.92. The minimum absolute atomic E-state index is 0.00364. The highest BCUT2D eigenvalue weighted by Crippen LogP contribution is 2.29. The van der Waals surface area contributed by atoms with E-state index in [1.165, 1.54) is 6.07 Å². The molecule has 1 aromatic rings. The first-order valence-electron chi connectivity index (χ1n) is 10.0. The first-order chi connectivity index (χ1) is 13.0. The normalized spacial score (nSPS) is 22.3. The maximum atomic E-state index is 13.9. The highest BCUT2D eigenvalue weighted by Gasteiger charge is 2.40. The van der Waals surface area contributed by atoms with Crippen molar-refractivity contribution in [1.29, 1.82) is 0 Å². The van der Waals surface area contributed by atoms with Gasteiger partial charge in [0.25, 0.3) is 0 Å². The predicted molar refractivity (Wildman–Crippen MR) is 104 cm³/mol. The Hall–Kier alpha value is -1.50. The molecule has 0 bridgehead atoms. The van der Waals surface area contributed by atoms with Gasteiger partial charge in [-0.25, -0.2) is 4.39 Å². The summed E-state index contributed by atoms with van der Waals surface area (Å²) in [5, 5.41) is 3.18. The quantitative estimate of drug-likeness (QED) is 0.823. The summed E-state index contributed by atoms with van der Waals surface area (Å²) in [6.07, 6.45) is 2.52. The topological polar surface area (TPSA) is 44.8 Å². The number of benzene rings is 1. The monoisotopic (exact) mass is 377 g/mol. The minimum Gasteiger partial charge on any atom is -0.379 e. The van der Waals surface area contributed by atoms with Crippen LogP contribution < -0.4 is 5.32 Å². The largest absolute Gasteiger partial charge is 0.379 e. The Kier molecular flexibility index (Phi) is 6.84. The van der Waals surface area contributed by atoms with E-state index in [1.807, 2.05) is 13.0 Å². The molecule has 150 valence electrons. The Labute approximate surface area is 161 Å². The van der Waals surface area contributed by atoms with Gasteiger partial charge in [0, 0.05) is 31.1 Å². The molecule has 0 aliphatic carbocycles. The van der Waals surface area contributed by atoms with E-state index in [9.17, 15) is 9.18 Å². The third-order valence-corrected chi connectivity index (χ3v) is 6.12. The number of hydrogen-bond donors (Lipinski definition) is 1. The van der Waals surface area contributed by atoms with E-state index in [4.69, 9.17) is 4.74 Å². The number of rotatable bonds is 6. The number of likely N-dealkylation sites (tertiary alicyclic amines) is 1. The van der Waals surface area contributed by atoms with E-state index in [0.717, 1.165) is 52.2 Å². The van der Waals surface area contributed by atoms with Crippen LogP contribution in [0, 0.1) is 11.7 Å². The van der Waals surface area contributed by atoms with Gasteiger partial charge >= 0.3 is 0 Å². The molecule has 5 nitrogen and oxygen atoms in total. The number of hydrogen-bond acceptors (Lipinski definition) is 4. The van der Waals surface area contributed by atoms with Crippen molar-refractivity contribution in [3.05, 3.63) is 35.6 Å². The van der Waals surface area contributed by atoms with Crippen LogP contribution in [0.25, 0.3) is 0 Å². The lowest BCUT2D eigenvalue weighted by Crippen LogP contribution is -2.62. The average molecular weight is 378 g/mol. The van der Waals surface area contributed by atoms with Gasteiger partial charge in [-0.3, -0.25) is 9.69 Å². The second-order valence-electron chi connectivity index (χ2n) is 8.04. The van der Waals surface area contributed by atoms with Crippen molar-refractivity contribution in [2.24, 2.45) is 5.92 Å². The van der Waals surface area contributed by atoms with Crippen LogP contribution in [0.1, 0.15) is 25.3 Å². The van der Waals surface area contributed by atoms with Crippen LogP contribution in [0.15, 0.2) is 24.3 Å². The lowest BCUT2D eigenvalue weighted by molar-refractivity contribution is -0.126. The summed E-state index contributed by atoms with van der Waals surface area (Å²) < 4.78 is 19.4. The number of nitrogens with zero attached hydrogens (tertiary/aromatic N) is 2. The Morgan fingerprint density at radius 1 is 1.22 bits per heavy atom. The Balaban J connectivity index is 1.60. The Bertz CT molecular complexity index is 626. The van der Waals surface area contributed by atoms with Gasteiger partial charge in [-0.1, -0.05) is 25.1 Å². The Morgan fingerprint density at radius 2 is 1.89 bits per heavy atom. The molecule has 2 saturated heterocycles. The number of carbonyl (C=O) groups excluding carboxylic acids is 1. The standard InChI is InChI=1S/C21H32FN3O2/c1-17(15-18-5-3-4-6-19(18)22)20(26)23-16-21(7-9-24(2)10-8-21)25-11-13-27-14-12-25/h3-6,17H,7-16H2,1-2H3,(H,23,26). The summed E-state index contributed by atoms with van der Waals surface area (Å²) >= 11 is 0. The number of nitrogens with one attached hydrogen (secondary N) is 1. The van der Waals surface area contributed by atoms with Crippen molar-refractivity contribution >= 4 is 5.91 Å². The molecule has 6 heteroatoms. The second-order valence-corrected chi connectivity index (χ2v) is 8.04. The molecule has 1 N–H and O–H groups in total. The molecule has 1 unspecified atom stereocenters. The van der Waals surface area contributed by atoms with E-state index >= 15 is 0 Å². The van der Waals surface area contributed by atoms with E-state index < -0.39 is 0 Å². The fourth-order valence-corrected chi connectivity index (χ4v) is 4.19. The maximum Gasteiger partial charge on any atom is 0.223 e. The van der Waals surface area contributed by atoms with Crippen molar-refractivity contribution in [2.45, 2.75) is 31.7 Å². The van der Waals surface area contributed by atoms with Gasteiger partial charge < -0.3 is 15.0 Å². The summed E-state index contributed by atoms with van der Waals surface area (Å²) in [7, 11) is 2.15. The molecule has 0 aromatic heterocycles. The van der Waals surface area contributed by atoms with Crippen LogP contribution in [0.3, 0.4) is 0 Å². The minimum atomic E-state index is -0.255. The van der Waals surface area contributed by atoms with Crippen molar-refractivity contribution in [2.75, 3.05) is 53.0 Å². The summed E-state index contributed by atoms with van der Waals surface area (Å²) in [5.74, 6) is -0.489. The average Bonchev–Trinajstić information content (AvgIpc) is 2.70. The fourth-order valence-electron chi connectivity index (χ4n) is 4.19. The van der Waals surface area contributed by atoms with Crippen molar-refractivity contribution in [3.8, 4) is 0 Å². The van der Waals surface area contributed by atoms with Gasteiger partial charge in [0.15, 0.2) is 0 Å². The van der Waals surface area contributed by atoms with Crippen LogP contribution in [-0.2, 0) is 16.0 Å². The van der Waals surface area contributed by atoms with E-state index in [-0.39, 0.29) is 23.2 Å². The van der Waals surface area contributed by atoms with Gasteiger partial charge in [0.05, 0.1) is 13.2 Å². The second kappa shape index (κ2) is 9.13. The van der Waals surface area contributed by atoms with Crippen molar-refractivity contribution in [3.63, 3.8) is 0 Å². The van der Waals surface area contributed by atoms with Crippen LogP contribution in [0.4, 0.5) is 4.39 Å². The molecule has 3 rings (SSSR count). The molecule has 1 atom stereocenters. The zero-order valence-corrected chi connectivity index (χ0v) is 16.5. The van der Waals surface area contributed by atoms with Crippen LogP contribution in [0.2, 0.25) is 0 Å². The molecular weight excluding hydrogens is 345 g/mol. The van der Waals surface area contributed by atoms with E-state index in [1.54, 1.807) is 12.1 Å². The fraction of sp³-hybridized carbons (Fsp3) is 0.667. The smallest absolute Gasteiger partial charge is 0.223 e. The summed E-state index contributed by atoms with van der Waals surface area (Å²) in [6.45, 7) is 7.97. The number of amides is 1. The van der Waals surface area contributed by atoms with Gasteiger partial charge in [-0.15, -0.1) is 0 Å². The molecule has 2 aliphatic heterocycles. The van der Waals surface area contributed by atoms with Gasteiger partial charge in [0.2, 0.25) is 5.91 Å². The summed E-state index contributed by atoms with van der Waals surface area (Å²) in [5.41, 5.74) is 0.603. The highest BCUT2D eigenvalue weighted by atomic mass is 19.1. The molecule has 2 fully saturated rings. The van der Waals surface area contributed by atoms with Crippen molar-refractivity contribution in [1.82, 2.24) is 15.1 Å². The molecule has 27 heavy (non-hydrogen) atoms. The van der Waals surface area contributed by atoms with E-state index in [2.05, 4.69) is 22.2 Å². The first-order valence-corrected chi connectivity index (χ1v) is 10.0. The molecule has 2 aliphatic rings. The third-order valence-electron chi connectivity index (χ3n) is 6.12. The van der Waals surface area contributed by atoms with Crippen LogP contribution in [-0.4, -0.2) is 74.2 Å². The van der Waals surface area contributed by atoms with Gasteiger partial charge in [-0.2, -0.15) is 0 Å². The third kappa shape index (κ3) is 5.06. The number of piperidine rings is 1. The molecule has 0 saturated carbocycles. The Morgan fingerprint density at radius 3 is 2.56 bits per heavy atom. The molecule has 0 spiro atoms. The lowest BCUT2D eigenvalue weighted by atomic mass is 9.85. The van der Waals surface area contributed by atoms with Crippen LogP contribution in [0.5, 0.6) is 0 Å². The number of ether oxygens (including phenoxy) is 1. The van der Waals surface area contributed by atoms with Gasteiger partial charge in [0.1, 0.15) is 5.82 Å². The molecule has 0 radical (unpaired) electrons. The number of halogens is 1. The van der Waals surface area contributed by atoms with Crippen LogP contribution >= 0.6 is 0 Å². The highest BCUT2D eigenvalue weighted by molar-refractivity contribution is 5.78.